The third-order valence-electron chi connectivity index (χ3n) is 2.61. The standard InChI is InChI=1S/C14H11N3OS2/c1-10(18)17(15-9-11-5-4-8-19-11)14-16-12-6-2-3-7-13(12)20-14/h2-9H,1H3/b15-9-. The van der Waals surface area contributed by atoms with Gasteiger partial charge in [0.05, 0.1) is 16.4 Å². The van der Waals surface area contributed by atoms with Crippen molar-refractivity contribution in [1.82, 2.24) is 4.98 Å². The highest BCUT2D eigenvalue weighted by molar-refractivity contribution is 7.22. The maximum atomic E-state index is 11.8. The van der Waals surface area contributed by atoms with E-state index in [0.717, 1.165) is 15.1 Å². The highest BCUT2D eigenvalue weighted by atomic mass is 32.1. The van der Waals surface area contributed by atoms with E-state index in [1.54, 1.807) is 17.6 Å². The monoisotopic (exact) mass is 301 g/mol. The summed E-state index contributed by atoms with van der Waals surface area (Å²) in [4.78, 5) is 17.2. The molecule has 0 radical (unpaired) electrons. The van der Waals surface area contributed by atoms with Gasteiger partial charge in [-0.25, -0.2) is 4.98 Å². The summed E-state index contributed by atoms with van der Waals surface area (Å²) in [6, 6.07) is 11.7. The molecule has 2 aromatic heterocycles. The zero-order chi connectivity index (χ0) is 13.9. The van der Waals surface area contributed by atoms with Crippen LogP contribution in [0.4, 0.5) is 5.13 Å². The van der Waals surface area contributed by atoms with E-state index in [9.17, 15) is 4.79 Å². The van der Waals surface area contributed by atoms with Gasteiger partial charge in [0, 0.05) is 11.8 Å². The van der Waals surface area contributed by atoms with E-state index in [0.29, 0.717) is 5.13 Å². The third kappa shape index (κ3) is 2.61. The second-order valence-corrected chi connectivity index (χ2v) is 6.04. The molecule has 0 bridgehead atoms. The first-order valence-corrected chi connectivity index (χ1v) is 7.67. The van der Waals surface area contributed by atoms with Gasteiger partial charge in [-0.15, -0.1) is 11.3 Å². The molecule has 20 heavy (non-hydrogen) atoms. The van der Waals surface area contributed by atoms with Crippen molar-refractivity contribution >= 4 is 50.1 Å². The topological polar surface area (TPSA) is 45.6 Å². The minimum Gasteiger partial charge on any atom is -0.273 e. The fourth-order valence-corrected chi connectivity index (χ4v) is 3.24. The maximum absolute atomic E-state index is 11.8. The number of thiazole rings is 1. The van der Waals surface area contributed by atoms with Crippen LogP contribution >= 0.6 is 22.7 Å². The van der Waals surface area contributed by atoms with Gasteiger partial charge >= 0.3 is 0 Å². The van der Waals surface area contributed by atoms with Crippen molar-refractivity contribution in [2.45, 2.75) is 6.92 Å². The fraction of sp³-hybridized carbons (Fsp3) is 0.0714. The molecule has 0 spiro atoms. The molecule has 0 unspecified atom stereocenters. The molecule has 0 aliphatic heterocycles. The van der Waals surface area contributed by atoms with Crippen LogP contribution in [0.2, 0.25) is 0 Å². The van der Waals surface area contributed by atoms with Crippen molar-refractivity contribution in [3.05, 3.63) is 46.7 Å². The summed E-state index contributed by atoms with van der Waals surface area (Å²) in [5.74, 6) is -0.156. The van der Waals surface area contributed by atoms with E-state index in [2.05, 4.69) is 10.1 Å². The van der Waals surface area contributed by atoms with Gasteiger partial charge in [-0.3, -0.25) is 4.79 Å². The number of para-hydroxylation sites is 1. The number of anilines is 1. The van der Waals surface area contributed by atoms with Crippen LogP contribution in [0.5, 0.6) is 0 Å². The first kappa shape index (κ1) is 13.0. The van der Waals surface area contributed by atoms with Gasteiger partial charge in [0.15, 0.2) is 0 Å². The van der Waals surface area contributed by atoms with Gasteiger partial charge in [-0.2, -0.15) is 10.1 Å². The molecular formula is C14H11N3OS2. The summed E-state index contributed by atoms with van der Waals surface area (Å²) < 4.78 is 1.04. The molecule has 0 fully saturated rings. The lowest BCUT2D eigenvalue weighted by Gasteiger charge is -2.09. The number of aromatic nitrogens is 1. The van der Waals surface area contributed by atoms with Crippen molar-refractivity contribution in [1.29, 1.82) is 0 Å². The van der Waals surface area contributed by atoms with Crippen molar-refractivity contribution in [3.63, 3.8) is 0 Å². The molecule has 0 atom stereocenters. The summed E-state index contributed by atoms with van der Waals surface area (Å²) in [6.07, 6.45) is 1.68. The number of amides is 1. The molecule has 0 saturated heterocycles. The first-order valence-electron chi connectivity index (χ1n) is 5.98. The number of nitrogens with zero attached hydrogens (tertiary/aromatic N) is 3. The summed E-state index contributed by atoms with van der Waals surface area (Å²) in [6.45, 7) is 1.48. The quantitative estimate of drug-likeness (QED) is 0.546. The zero-order valence-electron chi connectivity index (χ0n) is 10.7. The second-order valence-electron chi connectivity index (χ2n) is 4.05. The average Bonchev–Trinajstić information content (AvgIpc) is 3.06. The van der Waals surface area contributed by atoms with E-state index in [1.807, 2.05) is 41.8 Å². The second kappa shape index (κ2) is 5.52. The van der Waals surface area contributed by atoms with Crippen molar-refractivity contribution in [2.75, 3.05) is 5.01 Å². The van der Waals surface area contributed by atoms with Gasteiger partial charge in [-0.05, 0) is 23.6 Å². The number of fused-ring (bicyclic) bond motifs is 1. The lowest BCUT2D eigenvalue weighted by Crippen LogP contribution is -2.22. The van der Waals surface area contributed by atoms with E-state index in [-0.39, 0.29) is 5.91 Å². The summed E-state index contributed by atoms with van der Waals surface area (Å²) >= 11 is 3.03. The molecule has 0 aliphatic rings. The van der Waals surface area contributed by atoms with Crippen molar-refractivity contribution < 1.29 is 4.79 Å². The number of carbonyl (C=O) groups is 1. The van der Waals surface area contributed by atoms with Crippen LogP contribution < -0.4 is 5.01 Å². The van der Waals surface area contributed by atoms with Crippen molar-refractivity contribution in [3.8, 4) is 0 Å². The summed E-state index contributed by atoms with van der Waals surface area (Å²) in [7, 11) is 0. The predicted octanol–water partition coefficient (Wildman–Crippen LogP) is 3.74. The number of benzene rings is 1. The Kier molecular flexibility index (Phi) is 3.58. The molecule has 0 aliphatic carbocycles. The van der Waals surface area contributed by atoms with Crippen LogP contribution in [0, 0.1) is 0 Å². The van der Waals surface area contributed by atoms with Crippen LogP contribution in [0.25, 0.3) is 10.2 Å². The molecule has 3 rings (SSSR count). The Bertz CT molecular complexity index is 729. The Morgan fingerprint density at radius 3 is 2.85 bits per heavy atom. The summed E-state index contributed by atoms with van der Waals surface area (Å²) in [5, 5.41) is 8.14. The molecule has 0 N–H and O–H groups in total. The van der Waals surface area contributed by atoms with Gasteiger partial charge in [-0.1, -0.05) is 29.5 Å². The van der Waals surface area contributed by atoms with E-state index in [4.69, 9.17) is 0 Å². The number of carbonyl (C=O) groups excluding carboxylic acids is 1. The number of thiophene rings is 1. The maximum Gasteiger partial charge on any atom is 0.246 e. The molecule has 6 heteroatoms. The minimum atomic E-state index is -0.156. The molecule has 100 valence electrons. The Hall–Kier alpha value is -2.05. The van der Waals surface area contributed by atoms with Gasteiger partial charge in [0.25, 0.3) is 0 Å². The Balaban J connectivity index is 1.96. The normalized spacial score (nSPS) is 11.2. The number of hydrogen-bond acceptors (Lipinski definition) is 5. The number of rotatable bonds is 3. The smallest absolute Gasteiger partial charge is 0.246 e. The molecule has 2 heterocycles. The summed E-state index contributed by atoms with van der Waals surface area (Å²) in [5.41, 5.74) is 0.880. The number of hydrogen-bond donors (Lipinski definition) is 0. The lowest BCUT2D eigenvalue weighted by atomic mass is 10.3. The fourth-order valence-electron chi connectivity index (χ4n) is 1.70. The Morgan fingerprint density at radius 1 is 1.30 bits per heavy atom. The van der Waals surface area contributed by atoms with E-state index in [1.165, 1.54) is 23.3 Å². The highest BCUT2D eigenvalue weighted by Crippen LogP contribution is 2.28. The van der Waals surface area contributed by atoms with Crippen LogP contribution in [0.3, 0.4) is 0 Å². The molecule has 1 aromatic carbocycles. The highest BCUT2D eigenvalue weighted by Gasteiger charge is 2.15. The molecule has 4 nitrogen and oxygen atoms in total. The Morgan fingerprint density at radius 2 is 2.15 bits per heavy atom. The molecular weight excluding hydrogens is 290 g/mol. The molecule has 0 saturated carbocycles. The van der Waals surface area contributed by atoms with Crippen LogP contribution in [-0.2, 0) is 4.79 Å². The minimum absolute atomic E-state index is 0.156. The SMILES string of the molecule is CC(=O)N(/N=C\c1cccs1)c1nc2ccccc2s1. The third-order valence-corrected chi connectivity index (χ3v) is 4.42. The lowest BCUT2D eigenvalue weighted by molar-refractivity contribution is -0.116. The van der Waals surface area contributed by atoms with Crippen molar-refractivity contribution in [2.24, 2.45) is 5.10 Å². The predicted molar refractivity (Wildman–Crippen MR) is 84.7 cm³/mol. The first-order chi connectivity index (χ1) is 9.74. The average molecular weight is 301 g/mol. The van der Waals surface area contributed by atoms with Crippen LogP contribution in [0.1, 0.15) is 11.8 Å². The Labute approximate surface area is 124 Å². The largest absolute Gasteiger partial charge is 0.273 e. The van der Waals surface area contributed by atoms with Gasteiger partial charge < -0.3 is 0 Å². The van der Waals surface area contributed by atoms with Crippen LogP contribution in [0.15, 0.2) is 46.9 Å². The molecule has 1 amide bonds. The van der Waals surface area contributed by atoms with Gasteiger partial charge in [0.2, 0.25) is 11.0 Å². The van der Waals surface area contributed by atoms with E-state index < -0.39 is 0 Å². The van der Waals surface area contributed by atoms with E-state index >= 15 is 0 Å². The van der Waals surface area contributed by atoms with Crippen LogP contribution in [-0.4, -0.2) is 17.1 Å². The zero-order valence-corrected chi connectivity index (χ0v) is 12.3. The number of hydrazone groups is 1. The molecule has 3 aromatic rings. The van der Waals surface area contributed by atoms with Gasteiger partial charge in [0.1, 0.15) is 0 Å².